The van der Waals surface area contributed by atoms with Crippen molar-refractivity contribution < 1.29 is 0 Å². The van der Waals surface area contributed by atoms with Crippen LogP contribution in [0.15, 0.2) is 29.5 Å². The Morgan fingerprint density at radius 2 is 2.36 bits per heavy atom. The van der Waals surface area contributed by atoms with E-state index in [1.165, 1.54) is 18.5 Å². The highest BCUT2D eigenvalue weighted by Gasteiger charge is 1.90. The maximum Gasteiger partial charge on any atom is 0.183 e. The molecule has 5 heteroatoms. The number of H-pyrrole nitrogens is 1. The molecule has 0 radical (unpaired) electrons. The number of pyridine rings is 1. The molecule has 0 aliphatic rings. The summed E-state index contributed by atoms with van der Waals surface area (Å²) in [7, 11) is 0. The van der Waals surface area contributed by atoms with Crippen LogP contribution in [0.2, 0.25) is 0 Å². The van der Waals surface area contributed by atoms with Gasteiger partial charge < -0.3 is 0 Å². The first kappa shape index (κ1) is 7.81. The van der Waals surface area contributed by atoms with Crippen LogP contribution in [-0.4, -0.2) is 14.6 Å². The van der Waals surface area contributed by atoms with Gasteiger partial charge in [0.1, 0.15) is 6.33 Å². The van der Waals surface area contributed by atoms with E-state index in [1.807, 2.05) is 0 Å². The van der Waals surface area contributed by atoms with Crippen molar-refractivity contribution in [1.29, 1.82) is 0 Å². The lowest BCUT2D eigenvalue weighted by Crippen LogP contribution is -1.98. The van der Waals surface area contributed by atoms with Gasteiger partial charge in [-0.2, -0.15) is 0 Å². The highest BCUT2D eigenvalue weighted by molar-refractivity contribution is 5.85. The van der Waals surface area contributed by atoms with E-state index in [0.29, 0.717) is 5.65 Å². The largest absolute Gasteiger partial charge is 0.290 e. The van der Waals surface area contributed by atoms with E-state index >= 15 is 0 Å². The third kappa shape index (κ3) is 1.25. The molecular weight excluding hydrogens is 166 g/mol. The molecule has 0 saturated carbocycles. The predicted octanol–water partition coefficient (Wildman–Crippen LogP) is 0.444. The summed E-state index contributed by atoms with van der Waals surface area (Å²) in [6, 6.07) is 2.95. The molecule has 0 spiro atoms. The average Bonchev–Trinajstić information content (AvgIpc) is 2.33. The molecule has 0 amide bonds. The molecule has 11 heavy (non-hydrogen) atoms. The van der Waals surface area contributed by atoms with Gasteiger partial charge in [0.15, 0.2) is 11.1 Å². The van der Waals surface area contributed by atoms with Gasteiger partial charge in [-0.25, -0.2) is 9.50 Å². The van der Waals surface area contributed by atoms with Crippen LogP contribution in [0.5, 0.6) is 0 Å². The van der Waals surface area contributed by atoms with E-state index in [0.717, 1.165) is 0 Å². The van der Waals surface area contributed by atoms with Crippen molar-refractivity contribution in [2.24, 2.45) is 0 Å². The van der Waals surface area contributed by atoms with Crippen LogP contribution in [0.25, 0.3) is 5.65 Å². The molecule has 0 aliphatic heterocycles. The van der Waals surface area contributed by atoms with Gasteiger partial charge >= 0.3 is 0 Å². The number of aromatic amines is 1. The highest BCUT2D eigenvalue weighted by Crippen LogP contribution is 1.89. The lowest BCUT2D eigenvalue weighted by atomic mass is 10.5. The van der Waals surface area contributed by atoms with Gasteiger partial charge in [-0.05, 0) is 0 Å². The zero-order valence-electron chi connectivity index (χ0n) is 5.52. The minimum Gasteiger partial charge on any atom is -0.290 e. The Hall–Kier alpha value is -1.29. The Bertz CT molecular complexity index is 405. The smallest absolute Gasteiger partial charge is 0.183 e. The Morgan fingerprint density at radius 1 is 1.55 bits per heavy atom. The molecule has 2 aromatic heterocycles. The van der Waals surface area contributed by atoms with E-state index in [9.17, 15) is 4.79 Å². The van der Waals surface area contributed by atoms with Crippen molar-refractivity contribution in [3.05, 3.63) is 34.9 Å². The molecule has 4 nitrogen and oxygen atoms in total. The summed E-state index contributed by atoms with van der Waals surface area (Å²) in [4.78, 5) is 14.6. The molecule has 2 heterocycles. The van der Waals surface area contributed by atoms with E-state index in [-0.39, 0.29) is 17.8 Å². The fourth-order valence-corrected chi connectivity index (χ4v) is 0.835. The van der Waals surface area contributed by atoms with Crippen molar-refractivity contribution in [2.45, 2.75) is 0 Å². The highest BCUT2D eigenvalue weighted by atomic mass is 35.5. The van der Waals surface area contributed by atoms with Gasteiger partial charge in [-0.3, -0.25) is 9.89 Å². The number of nitrogens with one attached hydrogen (secondary N) is 1. The lowest BCUT2D eigenvalue weighted by molar-refractivity contribution is 0.958. The summed E-state index contributed by atoms with van der Waals surface area (Å²) in [5.41, 5.74) is 0.625. The zero-order chi connectivity index (χ0) is 6.97. The molecule has 2 rings (SSSR count). The second-order valence-corrected chi connectivity index (χ2v) is 1.98. The third-order valence-corrected chi connectivity index (χ3v) is 1.30. The van der Waals surface area contributed by atoms with E-state index < -0.39 is 0 Å². The van der Waals surface area contributed by atoms with E-state index in [1.54, 1.807) is 10.7 Å². The van der Waals surface area contributed by atoms with Gasteiger partial charge in [0.25, 0.3) is 0 Å². The average molecular weight is 172 g/mol. The maximum atomic E-state index is 10.7. The van der Waals surface area contributed by atoms with Crippen molar-refractivity contribution in [1.82, 2.24) is 14.6 Å². The SMILES string of the molecule is Cl.O=c1ccn2[nH]cnc2c1. The molecule has 58 valence electrons. The summed E-state index contributed by atoms with van der Waals surface area (Å²) < 4.78 is 1.67. The third-order valence-electron chi connectivity index (χ3n) is 1.30. The van der Waals surface area contributed by atoms with Gasteiger partial charge in [0.05, 0.1) is 0 Å². The van der Waals surface area contributed by atoms with Gasteiger partial charge in [-0.1, -0.05) is 0 Å². The zero-order valence-corrected chi connectivity index (χ0v) is 6.34. The number of nitrogens with zero attached hydrogens (tertiary/aromatic N) is 2. The van der Waals surface area contributed by atoms with Crippen LogP contribution < -0.4 is 5.43 Å². The second kappa shape index (κ2) is 2.75. The second-order valence-electron chi connectivity index (χ2n) is 1.98. The van der Waals surface area contributed by atoms with Crippen LogP contribution >= 0.6 is 12.4 Å². The minimum absolute atomic E-state index is 0. The van der Waals surface area contributed by atoms with E-state index in [4.69, 9.17) is 0 Å². The molecule has 0 unspecified atom stereocenters. The topological polar surface area (TPSA) is 50.2 Å². The number of halogens is 1. The fourth-order valence-electron chi connectivity index (χ4n) is 0.835. The summed E-state index contributed by atoms with van der Waals surface area (Å²) in [5.74, 6) is 0. The van der Waals surface area contributed by atoms with Crippen molar-refractivity contribution in [2.75, 3.05) is 0 Å². The first-order valence-electron chi connectivity index (χ1n) is 2.88. The van der Waals surface area contributed by atoms with Crippen LogP contribution in [0.1, 0.15) is 0 Å². The normalized spacial score (nSPS) is 9.45. The minimum atomic E-state index is -0.0212. The molecule has 0 aromatic carbocycles. The predicted molar refractivity (Wildman–Crippen MR) is 43.1 cm³/mol. The Labute approximate surface area is 68.3 Å². The summed E-state index contributed by atoms with van der Waals surface area (Å²) >= 11 is 0. The van der Waals surface area contributed by atoms with Gasteiger partial charge in [-0.15, -0.1) is 12.4 Å². The number of rotatable bonds is 0. The Balaban J connectivity index is 0.000000605. The number of fused-ring (bicyclic) bond motifs is 1. The van der Waals surface area contributed by atoms with Gasteiger partial charge in [0.2, 0.25) is 0 Å². The summed E-state index contributed by atoms with van der Waals surface area (Å²) in [6.07, 6.45) is 3.18. The van der Waals surface area contributed by atoms with E-state index in [2.05, 4.69) is 10.1 Å². The van der Waals surface area contributed by atoms with Crippen LogP contribution in [0, 0.1) is 0 Å². The van der Waals surface area contributed by atoms with Gasteiger partial charge in [0, 0.05) is 18.3 Å². The van der Waals surface area contributed by atoms with Crippen LogP contribution in [0.3, 0.4) is 0 Å². The molecule has 2 aromatic rings. The number of hydrogen-bond donors (Lipinski definition) is 1. The van der Waals surface area contributed by atoms with Crippen LogP contribution in [0.4, 0.5) is 0 Å². The number of hydrogen-bond acceptors (Lipinski definition) is 2. The summed E-state index contributed by atoms with van der Waals surface area (Å²) in [6.45, 7) is 0. The molecule has 0 fully saturated rings. The molecular formula is C6H6ClN3O. The Kier molecular flexibility index (Phi) is 1.96. The molecule has 0 atom stereocenters. The number of aromatic nitrogens is 3. The van der Waals surface area contributed by atoms with Crippen molar-refractivity contribution in [3.63, 3.8) is 0 Å². The first-order valence-corrected chi connectivity index (χ1v) is 2.88. The quantitative estimate of drug-likeness (QED) is 0.626. The lowest BCUT2D eigenvalue weighted by Gasteiger charge is -1.86. The monoisotopic (exact) mass is 171 g/mol. The van der Waals surface area contributed by atoms with Crippen molar-refractivity contribution in [3.8, 4) is 0 Å². The van der Waals surface area contributed by atoms with Crippen LogP contribution in [-0.2, 0) is 0 Å². The molecule has 0 aliphatic carbocycles. The van der Waals surface area contributed by atoms with Crippen molar-refractivity contribution >= 4 is 18.1 Å². The standard InChI is InChI=1S/C6H5N3O.ClH/c10-5-1-2-9-6(3-5)7-4-8-9;/h1-4H,(H,7,8);1H. The Morgan fingerprint density at radius 3 is 3.18 bits per heavy atom. The maximum absolute atomic E-state index is 10.7. The molecule has 0 bridgehead atoms. The first-order chi connectivity index (χ1) is 4.86. The molecule has 0 saturated heterocycles. The summed E-state index contributed by atoms with van der Waals surface area (Å²) in [5, 5.41) is 2.81. The molecule has 1 N–H and O–H groups in total. The fraction of sp³-hybridized carbons (Fsp3) is 0.